The van der Waals surface area contributed by atoms with Crippen LogP contribution < -0.4 is 11.1 Å². The zero-order chi connectivity index (χ0) is 26.7. The van der Waals surface area contributed by atoms with Crippen LogP contribution in [0.25, 0.3) is 0 Å². The number of nitrogens with two attached hydrogens (primary N) is 1. The fourth-order valence-electron chi connectivity index (χ4n) is 5.02. The Bertz CT molecular complexity index is 1180. The number of rotatable bonds is 6. The minimum atomic E-state index is -4.69. The first kappa shape index (κ1) is 26.8. The predicted molar refractivity (Wildman–Crippen MR) is 134 cm³/mol. The summed E-state index contributed by atoms with van der Waals surface area (Å²) in [5.41, 5.74) is 5.92. The van der Waals surface area contributed by atoms with Crippen molar-refractivity contribution in [3.8, 4) is 0 Å². The molecule has 2 aromatic rings. The standard InChI is InChI=1S/C26H28ClF3N4O3/c27-21-13-16(12-20(24(21)31)26(28,29)30)11-17(15-35)14-23(36)33-8-6-19(7-9-33)34-10-5-18-3-1-2-4-22(18)32-25(34)37/h1-4,12-13,15,17,19H,5-11,14,31H2,(H,32,37). The van der Waals surface area contributed by atoms with E-state index in [1.807, 2.05) is 29.2 Å². The molecule has 2 aliphatic rings. The number of aldehydes is 1. The molecule has 11 heteroatoms. The first-order valence-corrected chi connectivity index (χ1v) is 12.5. The van der Waals surface area contributed by atoms with E-state index in [1.54, 1.807) is 4.90 Å². The van der Waals surface area contributed by atoms with E-state index in [2.05, 4.69) is 5.32 Å². The Labute approximate surface area is 217 Å². The number of likely N-dealkylation sites (tertiary alicyclic amines) is 1. The molecule has 37 heavy (non-hydrogen) atoms. The molecule has 1 atom stereocenters. The van der Waals surface area contributed by atoms with Crippen LogP contribution in [0.4, 0.5) is 29.3 Å². The van der Waals surface area contributed by atoms with E-state index in [0.717, 1.165) is 23.7 Å². The van der Waals surface area contributed by atoms with Gasteiger partial charge in [-0.15, -0.1) is 0 Å². The van der Waals surface area contributed by atoms with Crippen LogP contribution in [0.3, 0.4) is 0 Å². The SMILES string of the molecule is Nc1c(Cl)cc(CC(C=O)CC(=O)N2CCC(N3CCc4ccccc4NC3=O)CC2)cc1C(F)(F)F. The van der Waals surface area contributed by atoms with Gasteiger partial charge in [-0.1, -0.05) is 29.8 Å². The second-order valence-corrected chi connectivity index (χ2v) is 9.89. The maximum absolute atomic E-state index is 13.3. The fourth-order valence-corrected chi connectivity index (χ4v) is 5.26. The predicted octanol–water partition coefficient (Wildman–Crippen LogP) is 4.77. The molecular weight excluding hydrogens is 509 g/mol. The zero-order valence-electron chi connectivity index (χ0n) is 20.1. The lowest BCUT2D eigenvalue weighted by atomic mass is 9.94. The van der Waals surface area contributed by atoms with Gasteiger partial charge in [0.2, 0.25) is 5.91 Å². The maximum Gasteiger partial charge on any atom is 0.418 e. The van der Waals surface area contributed by atoms with Gasteiger partial charge in [-0.3, -0.25) is 4.79 Å². The first-order chi connectivity index (χ1) is 17.6. The number of nitrogen functional groups attached to an aromatic ring is 1. The van der Waals surface area contributed by atoms with Crippen molar-refractivity contribution in [1.82, 2.24) is 9.80 Å². The van der Waals surface area contributed by atoms with E-state index in [4.69, 9.17) is 17.3 Å². The molecule has 1 fully saturated rings. The maximum atomic E-state index is 13.3. The summed E-state index contributed by atoms with van der Waals surface area (Å²) in [5, 5.41) is 2.71. The van der Waals surface area contributed by atoms with Crippen LogP contribution in [-0.4, -0.2) is 53.7 Å². The van der Waals surface area contributed by atoms with Crippen LogP contribution >= 0.6 is 11.6 Å². The molecule has 2 heterocycles. The summed E-state index contributed by atoms with van der Waals surface area (Å²) in [4.78, 5) is 40.8. The molecule has 2 aliphatic heterocycles. The summed E-state index contributed by atoms with van der Waals surface area (Å²) >= 11 is 5.88. The number of piperidine rings is 1. The molecule has 0 saturated carbocycles. The molecule has 0 spiro atoms. The third-order valence-corrected chi connectivity index (χ3v) is 7.33. The number of hydrogen-bond acceptors (Lipinski definition) is 4. The van der Waals surface area contributed by atoms with E-state index in [-0.39, 0.29) is 41.4 Å². The van der Waals surface area contributed by atoms with Gasteiger partial charge in [0.1, 0.15) is 6.29 Å². The van der Waals surface area contributed by atoms with Crippen molar-refractivity contribution in [1.29, 1.82) is 0 Å². The van der Waals surface area contributed by atoms with Crippen LogP contribution in [0.1, 0.15) is 36.0 Å². The fraction of sp³-hybridized carbons (Fsp3) is 0.423. The Kier molecular flexibility index (Phi) is 7.96. The summed E-state index contributed by atoms with van der Waals surface area (Å²) in [6.45, 7) is 1.44. The number of hydrogen-bond donors (Lipinski definition) is 2. The molecule has 3 amide bonds. The monoisotopic (exact) mass is 536 g/mol. The van der Waals surface area contributed by atoms with E-state index >= 15 is 0 Å². The number of fused-ring (bicyclic) bond motifs is 1. The number of carbonyl (C=O) groups excluding carboxylic acids is 3. The van der Waals surface area contributed by atoms with Crippen molar-refractivity contribution >= 4 is 41.2 Å². The average Bonchev–Trinajstić information content (AvgIpc) is 3.03. The van der Waals surface area contributed by atoms with E-state index in [1.165, 1.54) is 6.07 Å². The number of nitrogens with one attached hydrogen (secondary N) is 1. The van der Waals surface area contributed by atoms with Gasteiger partial charge >= 0.3 is 12.2 Å². The number of anilines is 2. The number of amides is 3. The highest BCUT2D eigenvalue weighted by atomic mass is 35.5. The molecule has 198 valence electrons. The molecule has 0 aliphatic carbocycles. The lowest BCUT2D eigenvalue weighted by Crippen LogP contribution is -2.50. The van der Waals surface area contributed by atoms with Gasteiger partial charge in [-0.2, -0.15) is 13.2 Å². The van der Waals surface area contributed by atoms with Crippen LogP contribution in [0, 0.1) is 5.92 Å². The molecule has 1 unspecified atom stereocenters. The quantitative estimate of drug-likeness (QED) is 0.410. The van der Waals surface area contributed by atoms with Crippen molar-refractivity contribution in [2.24, 2.45) is 5.92 Å². The summed E-state index contributed by atoms with van der Waals surface area (Å²) in [6.07, 6.45) is -2.36. The molecule has 0 radical (unpaired) electrons. The molecule has 0 aromatic heterocycles. The Morgan fingerprint density at radius 2 is 1.89 bits per heavy atom. The van der Waals surface area contributed by atoms with Gasteiger partial charge in [0.05, 0.1) is 16.3 Å². The number of para-hydroxylation sites is 1. The molecule has 0 bridgehead atoms. The van der Waals surface area contributed by atoms with Crippen molar-refractivity contribution in [2.45, 2.75) is 44.3 Å². The van der Waals surface area contributed by atoms with Gasteiger partial charge in [0.25, 0.3) is 0 Å². The molecular formula is C26H28ClF3N4O3. The summed E-state index contributed by atoms with van der Waals surface area (Å²) in [6, 6.07) is 9.68. The highest BCUT2D eigenvalue weighted by molar-refractivity contribution is 6.33. The number of urea groups is 1. The van der Waals surface area contributed by atoms with Crippen LogP contribution in [0.5, 0.6) is 0 Å². The Morgan fingerprint density at radius 3 is 2.57 bits per heavy atom. The van der Waals surface area contributed by atoms with Crippen molar-refractivity contribution in [3.63, 3.8) is 0 Å². The average molecular weight is 537 g/mol. The van der Waals surface area contributed by atoms with Gasteiger partial charge in [-0.25, -0.2) is 4.79 Å². The summed E-state index contributed by atoms with van der Waals surface area (Å²) in [7, 11) is 0. The molecule has 3 N–H and O–H groups in total. The van der Waals surface area contributed by atoms with E-state index in [9.17, 15) is 27.6 Å². The van der Waals surface area contributed by atoms with Crippen LogP contribution in [0.2, 0.25) is 5.02 Å². The number of nitrogens with zero attached hydrogens (tertiary/aromatic N) is 2. The van der Waals surface area contributed by atoms with Gasteiger partial charge in [-0.05, 0) is 55.0 Å². The highest BCUT2D eigenvalue weighted by Gasteiger charge is 2.35. The zero-order valence-corrected chi connectivity index (χ0v) is 20.8. The first-order valence-electron chi connectivity index (χ1n) is 12.1. The highest BCUT2D eigenvalue weighted by Crippen LogP contribution is 2.38. The summed E-state index contributed by atoms with van der Waals surface area (Å²) in [5.74, 6) is -1.05. The van der Waals surface area contributed by atoms with Crippen LogP contribution in [0.15, 0.2) is 36.4 Å². The number of alkyl halides is 3. The Morgan fingerprint density at radius 1 is 1.19 bits per heavy atom. The normalized spacial score (nSPS) is 17.6. The van der Waals surface area contributed by atoms with Crippen molar-refractivity contribution in [3.05, 3.63) is 58.1 Å². The van der Waals surface area contributed by atoms with Gasteiger partial charge in [0.15, 0.2) is 0 Å². The van der Waals surface area contributed by atoms with E-state index < -0.39 is 23.3 Å². The van der Waals surface area contributed by atoms with Gasteiger partial charge < -0.3 is 25.6 Å². The van der Waals surface area contributed by atoms with Crippen molar-refractivity contribution < 1.29 is 27.6 Å². The number of carbonyl (C=O) groups is 3. The number of halogens is 4. The number of benzene rings is 2. The molecule has 1 saturated heterocycles. The minimum absolute atomic E-state index is 0.0158. The Balaban J connectivity index is 1.33. The smallest absolute Gasteiger partial charge is 0.397 e. The van der Waals surface area contributed by atoms with Crippen molar-refractivity contribution in [2.75, 3.05) is 30.7 Å². The summed E-state index contributed by atoms with van der Waals surface area (Å²) < 4.78 is 39.8. The lowest BCUT2D eigenvalue weighted by molar-refractivity contribution is -0.137. The third kappa shape index (κ3) is 6.18. The second-order valence-electron chi connectivity index (χ2n) is 9.48. The second kappa shape index (κ2) is 11.0. The lowest BCUT2D eigenvalue weighted by Gasteiger charge is -2.38. The minimum Gasteiger partial charge on any atom is -0.397 e. The molecule has 7 nitrogen and oxygen atoms in total. The van der Waals surface area contributed by atoms with Gasteiger partial charge in [0, 0.05) is 43.7 Å². The molecule has 2 aromatic carbocycles. The third-order valence-electron chi connectivity index (χ3n) is 7.02. The van der Waals surface area contributed by atoms with E-state index in [0.29, 0.717) is 38.8 Å². The largest absolute Gasteiger partial charge is 0.418 e. The topological polar surface area (TPSA) is 95.7 Å². The van der Waals surface area contributed by atoms with Crippen LogP contribution in [-0.2, 0) is 28.6 Å². The Hall–Kier alpha value is -3.27. The molecule has 4 rings (SSSR count).